The number of hydrogen-bond donors (Lipinski definition) is 0. The number of fused-ring (bicyclic) bond motifs is 1. The Kier molecular flexibility index (Phi) is 9.04. The van der Waals surface area contributed by atoms with Gasteiger partial charge in [-0.15, -0.1) is 0 Å². The lowest BCUT2D eigenvalue weighted by atomic mass is 10.1. The molecule has 0 saturated carbocycles. The van der Waals surface area contributed by atoms with Crippen molar-refractivity contribution in [1.82, 2.24) is 14.5 Å². The quantitative estimate of drug-likeness (QED) is 0.222. The molecule has 0 spiro atoms. The van der Waals surface area contributed by atoms with Crippen LogP contribution in [-0.2, 0) is 28.5 Å². The monoisotopic (exact) mass is 551 g/mol. The highest BCUT2D eigenvalue weighted by Gasteiger charge is 2.31. The molecule has 0 aliphatic heterocycles. The van der Waals surface area contributed by atoms with Gasteiger partial charge >= 0.3 is 6.18 Å². The van der Waals surface area contributed by atoms with Gasteiger partial charge in [0.05, 0.1) is 41.2 Å². The van der Waals surface area contributed by atoms with Crippen LogP contribution in [-0.4, -0.2) is 40.1 Å². The number of benzene rings is 3. The van der Waals surface area contributed by atoms with Crippen LogP contribution in [0.2, 0.25) is 0 Å². The first-order valence-electron chi connectivity index (χ1n) is 13.3. The molecular formula is C31H32F3N3O3. The molecular weight excluding hydrogens is 519 g/mol. The van der Waals surface area contributed by atoms with Crippen molar-refractivity contribution >= 4 is 16.8 Å². The molecule has 1 atom stereocenters. The standard InChI is InChI=1S/C31H32F3N3O3/c1-4-22-12-16-25(17-13-22)37-29(35-27-9-7-6-8-26(27)30(37)39)21(3)36(18-19-40-5-2)28(38)20-23-10-14-24(15-11-23)31(32,33)34/h6-17,21H,4-5,18-20H2,1-3H3. The highest BCUT2D eigenvalue weighted by Crippen LogP contribution is 2.29. The molecule has 6 nitrogen and oxygen atoms in total. The molecule has 0 fully saturated rings. The van der Waals surface area contributed by atoms with Gasteiger partial charge in [0.1, 0.15) is 5.82 Å². The van der Waals surface area contributed by atoms with Crippen molar-refractivity contribution < 1.29 is 22.7 Å². The fourth-order valence-corrected chi connectivity index (χ4v) is 4.63. The molecule has 0 radical (unpaired) electrons. The minimum absolute atomic E-state index is 0.113. The second-order valence-electron chi connectivity index (χ2n) is 9.48. The Hall–Kier alpha value is -3.98. The summed E-state index contributed by atoms with van der Waals surface area (Å²) in [5.41, 5.74) is 1.68. The van der Waals surface area contributed by atoms with E-state index in [1.165, 1.54) is 16.7 Å². The predicted molar refractivity (Wildman–Crippen MR) is 148 cm³/mol. The number of alkyl halides is 3. The maximum atomic E-state index is 13.8. The molecule has 0 saturated heterocycles. The van der Waals surface area contributed by atoms with E-state index in [-0.39, 0.29) is 31.0 Å². The molecule has 1 heterocycles. The lowest BCUT2D eigenvalue weighted by Crippen LogP contribution is -2.40. The van der Waals surface area contributed by atoms with Gasteiger partial charge in [0, 0.05) is 13.2 Å². The Balaban J connectivity index is 1.76. The first-order chi connectivity index (χ1) is 19.1. The van der Waals surface area contributed by atoms with Crippen molar-refractivity contribution in [2.45, 2.75) is 45.8 Å². The molecule has 40 heavy (non-hydrogen) atoms. The maximum Gasteiger partial charge on any atom is 0.416 e. The molecule has 0 aliphatic rings. The zero-order valence-electron chi connectivity index (χ0n) is 22.7. The first-order valence-corrected chi connectivity index (χ1v) is 13.3. The Morgan fingerprint density at radius 3 is 2.25 bits per heavy atom. The van der Waals surface area contributed by atoms with Crippen LogP contribution in [0.25, 0.3) is 16.6 Å². The van der Waals surface area contributed by atoms with Crippen molar-refractivity contribution in [1.29, 1.82) is 0 Å². The molecule has 1 amide bonds. The van der Waals surface area contributed by atoms with Gasteiger partial charge in [-0.3, -0.25) is 14.2 Å². The Morgan fingerprint density at radius 1 is 0.975 bits per heavy atom. The van der Waals surface area contributed by atoms with Crippen LogP contribution in [0.4, 0.5) is 13.2 Å². The third-order valence-corrected chi connectivity index (χ3v) is 6.88. The third kappa shape index (κ3) is 6.42. The summed E-state index contributed by atoms with van der Waals surface area (Å²) in [6.07, 6.45) is -3.73. The number of carbonyl (C=O) groups excluding carboxylic acids is 1. The summed E-state index contributed by atoms with van der Waals surface area (Å²) in [5, 5.41) is 0.454. The lowest BCUT2D eigenvalue weighted by molar-refractivity contribution is -0.137. The zero-order valence-corrected chi connectivity index (χ0v) is 22.7. The van der Waals surface area contributed by atoms with E-state index in [0.29, 0.717) is 34.6 Å². The van der Waals surface area contributed by atoms with Crippen LogP contribution in [0.3, 0.4) is 0 Å². The van der Waals surface area contributed by atoms with E-state index in [1.807, 2.05) is 38.1 Å². The van der Waals surface area contributed by atoms with Crippen molar-refractivity contribution in [2.75, 3.05) is 19.8 Å². The van der Waals surface area contributed by atoms with Crippen LogP contribution in [0.15, 0.2) is 77.6 Å². The molecule has 1 aromatic heterocycles. The van der Waals surface area contributed by atoms with Gasteiger partial charge in [-0.2, -0.15) is 13.2 Å². The van der Waals surface area contributed by atoms with Crippen LogP contribution in [0.5, 0.6) is 0 Å². The number of halogens is 3. The van der Waals surface area contributed by atoms with E-state index in [4.69, 9.17) is 9.72 Å². The van der Waals surface area contributed by atoms with Gasteiger partial charge in [-0.1, -0.05) is 43.3 Å². The highest BCUT2D eigenvalue weighted by atomic mass is 19.4. The van der Waals surface area contributed by atoms with Crippen LogP contribution in [0.1, 0.15) is 49.3 Å². The normalized spacial score (nSPS) is 12.4. The van der Waals surface area contributed by atoms with Crippen LogP contribution in [0, 0.1) is 0 Å². The molecule has 9 heteroatoms. The van der Waals surface area contributed by atoms with Gasteiger partial charge < -0.3 is 9.64 Å². The number of carbonyl (C=O) groups is 1. The van der Waals surface area contributed by atoms with Crippen LogP contribution >= 0.6 is 0 Å². The molecule has 0 N–H and O–H groups in total. The maximum absolute atomic E-state index is 13.8. The Labute approximate surface area is 231 Å². The number of aryl methyl sites for hydroxylation is 1. The van der Waals surface area contributed by atoms with Gasteiger partial charge in [0.25, 0.3) is 5.56 Å². The minimum atomic E-state index is -4.46. The molecule has 210 valence electrons. The van der Waals surface area contributed by atoms with Crippen molar-refractivity contribution in [3.8, 4) is 5.69 Å². The van der Waals surface area contributed by atoms with Crippen molar-refractivity contribution in [3.05, 3.63) is 106 Å². The number of hydrogen-bond acceptors (Lipinski definition) is 4. The van der Waals surface area contributed by atoms with E-state index in [2.05, 4.69) is 0 Å². The molecule has 3 aromatic carbocycles. The van der Waals surface area contributed by atoms with E-state index in [1.54, 1.807) is 36.1 Å². The van der Waals surface area contributed by atoms with Crippen molar-refractivity contribution in [3.63, 3.8) is 0 Å². The fourth-order valence-electron chi connectivity index (χ4n) is 4.63. The summed E-state index contributed by atoms with van der Waals surface area (Å²) in [5.74, 6) is 0.0625. The summed E-state index contributed by atoms with van der Waals surface area (Å²) < 4.78 is 46.1. The largest absolute Gasteiger partial charge is 0.416 e. The molecule has 4 rings (SSSR count). The van der Waals surface area contributed by atoms with Gasteiger partial charge in [-0.05, 0) is 67.8 Å². The zero-order chi connectivity index (χ0) is 28.9. The van der Waals surface area contributed by atoms with E-state index >= 15 is 0 Å². The third-order valence-electron chi connectivity index (χ3n) is 6.88. The summed E-state index contributed by atoms with van der Waals surface area (Å²) in [6, 6.07) is 18.6. The molecule has 1 unspecified atom stereocenters. The van der Waals surface area contributed by atoms with Gasteiger partial charge in [-0.25, -0.2) is 4.98 Å². The smallest absolute Gasteiger partial charge is 0.380 e. The van der Waals surface area contributed by atoms with E-state index in [0.717, 1.165) is 24.1 Å². The second kappa shape index (κ2) is 12.5. The highest BCUT2D eigenvalue weighted by molar-refractivity contribution is 5.80. The second-order valence-corrected chi connectivity index (χ2v) is 9.48. The summed E-state index contributed by atoms with van der Waals surface area (Å²) in [6.45, 7) is 6.61. The topological polar surface area (TPSA) is 64.4 Å². The fraction of sp³-hybridized carbons (Fsp3) is 0.323. The van der Waals surface area contributed by atoms with Gasteiger partial charge in [0.2, 0.25) is 5.91 Å². The number of nitrogens with zero attached hydrogens (tertiary/aromatic N) is 3. The lowest BCUT2D eigenvalue weighted by Gasteiger charge is -2.31. The predicted octanol–water partition coefficient (Wildman–Crippen LogP) is 6.14. The average molecular weight is 552 g/mol. The molecule has 0 aliphatic carbocycles. The summed E-state index contributed by atoms with van der Waals surface area (Å²) in [7, 11) is 0. The summed E-state index contributed by atoms with van der Waals surface area (Å²) in [4.78, 5) is 33.8. The summed E-state index contributed by atoms with van der Waals surface area (Å²) >= 11 is 0. The average Bonchev–Trinajstić information content (AvgIpc) is 2.95. The number of rotatable bonds is 10. The Morgan fingerprint density at radius 2 is 1.62 bits per heavy atom. The number of para-hydroxylation sites is 1. The number of ether oxygens (including phenoxy) is 1. The van der Waals surface area contributed by atoms with E-state index < -0.39 is 17.8 Å². The molecule has 4 aromatic rings. The molecule has 0 bridgehead atoms. The first kappa shape index (κ1) is 29.0. The minimum Gasteiger partial charge on any atom is -0.380 e. The van der Waals surface area contributed by atoms with Crippen molar-refractivity contribution in [2.24, 2.45) is 0 Å². The number of amides is 1. The van der Waals surface area contributed by atoms with Gasteiger partial charge in [0.15, 0.2) is 0 Å². The van der Waals surface area contributed by atoms with Crippen LogP contribution < -0.4 is 5.56 Å². The van der Waals surface area contributed by atoms with E-state index in [9.17, 15) is 22.8 Å². The Bertz CT molecular complexity index is 1510. The number of aromatic nitrogens is 2. The SMILES string of the molecule is CCOCCN(C(=O)Cc1ccc(C(F)(F)F)cc1)C(C)c1nc2ccccc2c(=O)n1-c1ccc(CC)cc1.